The van der Waals surface area contributed by atoms with Gasteiger partial charge in [-0.25, -0.2) is 0 Å². The second kappa shape index (κ2) is 4.81. The van der Waals surface area contributed by atoms with Crippen LogP contribution in [0.15, 0.2) is 30.3 Å². The highest BCUT2D eigenvalue weighted by Crippen LogP contribution is 2.22. The average molecular weight is 233 g/mol. The third-order valence-corrected chi connectivity index (χ3v) is 6.97. The molecule has 1 unspecified atom stereocenters. The normalized spacial score (nSPS) is 15.2. The van der Waals surface area contributed by atoms with E-state index in [4.69, 9.17) is 5.26 Å². The molecule has 0 saturated heterocycles. The van der Waals surface area contributed by atoms with Gasteiger partial charge in [-0.15, -0.1) is 0 Å². The van der Waals surface area contributed by atoms with E-state index in [1.54, 1.807) is 0 Å². The topological polar surface area (TPSA) is 23.8 Å². The van der Waals surface area contributed by atoms with Gasteiger partial charge in [0.25, 0.3) is 8.24 Å². The smallest absolute Gasteiger partial charge is 0.277 e. The van der Waals surface area contributed by atoms with E-state index in [0.29, 0.717) is 6.54 Å². The van der Waals surface area contributed by atoms with E-state index in [1.807, 2.05) is 6.07 Å². The molecule has 0 amide bonds. The summed E-state index contributed by atoms with van der Waals surface area (Å²) >= 11 is 0. The summed E-state index contributed by atoms with van der Waals surface area (Å²) in [6.45, 7) is 8.54. The van der Waals surface area contributed by atoms with Crippen molar-refractivity contribution in [2.45, 2.75) is 26.2 Å². The molecule has 0 heterocycles. The van der Waals surface area contributed by atoms with E-state index in [2.05, 4.69) is 57.0 Å². The van der Waals surface area contributed by atoms with Gasteiger partial charge >= 0.3 is 0 Å². The van der Waals surface area contributed by atoms with Crippen molar-refractivity contribution in [3.63, 3.8) is 0 Å². The Hall–Kier alpha value is -1.11. The number of rotatable bonds is 4. The van der Waals surface area contributed by atoms with Crippen molar-refractivity contribution in [3.8, 4) is 6.07 Å². The fourth-order valence-corrected chi connectivity index (χ4v) is 2.87. The molecule has 1 atom stereocenters. The van der Waals surface area contributed by atoms with Gasteiger partial charge in [0.2, 0.25) is 0 Å². The molecule has 2 nitrogen and oxygen atoms in total. The fourth-order valence-electron chi connectivity index (χ4n) is 1.67. The van der Waals surface area contributed by atoms with E-state index in [-0.39, 0.29) is 0 Å². The summed E-state index contributed by atoms with van der Waals surface area (Å²) < 4.78 is 0.882. The first kappa shape index (κ1) is 13.0. The minimum Gasteiger partial charge on any atom is -0.371 e. The summed E-state index contributed by atoms with van der Waals surface area (Å²) in [6, 6.07) is 12.8. The van der Waals surface area contributed by atoms with Gasteiger partial charge in [0.1, 0.15) is 6.07 Å². The van der Waals surface area contributed by atoms with Crippen molar-refractivity contribution >= 4 is 8.24 Å². The molecule has 0 aromatic heterocycles. The fraction of sp³-hybridized carbons (Fsp3) is 0.462. The molecule has 16 heavy (non-hydrogen) atoms. The van der Waals surface area contributed by atoms with Crippen molar-refractivity contribution in [1.82, 2.24) is 0 Å². The molecule has 1 aromatic rings. The zero-order valence-electron chi connectivity index (χ0n) is 10.7. The highest BCUT2D eigenvalue weighted by Gasteiger charge is 2.39. The lowest BCUT2D eigenvalue weighted by Crippen LogP contribution is -2.60. The van der Waals surface area contributed by atoms with Gasteiger partial charge in [-0.05, 0) is 19.6 Å². The van der Waals surface area contributed by atoms with Crippen LogP contribution in [-0.4, -0.2) is 26.0 Å². The van der Waals surface area contributed by atoms with Gasteiger partial charge in [0.05, 0.1) is 13.6 Å². The Balaban J connectivity index is 2.93. The molecule has 0 aliphatic carbocycles. The second-order valence-electron chi connectivity index (χ2n) is 5.53. The molecule has 0 radical (unpaired) electrons. The quantitative estimate of drug-likeness (QED) is 0.579. The minimum absolute atomic E-state index is 0.602. The van der Waals surface area contributed by atoms with Crippen LogP contribution in [0.4, 0.5) is 0 Å². The number of hydrogen-bond acceptors (Lipinski definition) is 1. The van der Waals surface area contributed by atoms with Gasteiger partial charge in [-0.1, -0.05) is 30.3 Å². The number of quaternary nitrogens is 1. The van der Waals surface area contributed by atoms with Crippen LogP contribution in [0.1, 0.15) is 5.56 Å². The molecule has 0 N–H and O–H groups in total. The molecule has 1 aromatic carbocycles. The Kier molecular flexibility index (Phi) is 3.90. The average Bonchev–Trinajstić information content (AvgIpc) is 2.17. The molecular formula is C13H21N2Si+. The summed E-state index contributed by atoms with van der Waals surface area (Å²) in [5.41, 5.74) is 1.32. The zero-order chi connectivity index (χ0) is 12.2. The maximum absolute atomic E-state index is 9.00. The van der Waals surface area contributed by atoms with Crippen molar-refractivity contribution in [2.24, 2.45) is 0 Å². The Labute approximate surface area is 99.8 Å². The molecule has 86 valence electrons. The van der Waals surface area contributed by atoms with E-state index in [0.717, 1.165) is 10.7 Å². The summed E-state index contributed by atoms with van der Waals surface area (Å²) in [6.07, 6.45) is 0. The first-order valence-electron chi connectivity index (χ1n) is 5.64. The molecule has 0 fully saturated rings. The van der Waals surface area contributed by atoms with E-state index < -0.39 is 8.24 Å². The van der Waals surface area contributed by atoms with Crippen LogP contribution in [-0.2, 0) is 6.54 Å². The molecule has 0 bridgehead atoms. The number of nitriles is 1. The molecule has 0 aliphatic heterocycles. The van der Waals surface area contributed by atoms with Crippen LogP contribution in [0.2, 0.25) is 19.6 Å². The van der Waals surface area contributed by atoms with E-state index in [1.165, 1.54) is 5.56 Å². The second-order valence-corrected chi connectivity index (χ2v) is 10.9. The van der Waals surface area contributed by atoms with Gasteiger partial charge in [-0.3, -0.25) is 0 Å². The summed E-state index contributed by atoms with van der Waals surface area (Å²) in [7, 11) is 0.811. The van der Waals surface area contributed by atoms with Crippen LogP contribution in [0.3, 0.4) is 0 Å². The van der Waals surface area contributed by atoms with Crippen molar-refractivity contribution in [3.05, 3.63) is 35.9 Å². The number of benzene rings is 1. The van der Waals surface area contributed by atoms with Crippen molar-refractivity contribution < 1.29 is 4.15 Å². The van der Waals surface area contributed by atoms with Crippen LogP contribution in [0.5, 0.6) is 0 Å². The molecule has 1 rings (SSSR count). The maximum Gasteiger partial charge on any atom is 0.277 e. The summed E-state index contributed by atoms with van der Waals surface area (Å²) in [4.78, 5) is 0. The number of nitrogens with zero attached hydrogens (tertiary/aromatic N) is 2. The lowest BCUT2D eigenvalue weighted by Gasteiger charge is -2.43. The predicted molar refractivity (Wildman–Crippen MR) is 70.2 cm³/mol. The Morgan fingerprint density at radius 3 is 2.19 bits per heavy atom. The third-order valence-electron chi connectivity index (χ3n) is 3.41. The van der Waals surface area contributed by atoms with Crippen LogP contribution in [0.25, 0.3) is 0 Å². The lowest BCUT2D eigenvalue weighted by molar-refractivity contribution is -0.819. The Morgan fingerprint density at radius 2 is 1.75 bits per heavy atom. The van der Waals surface area contributed by atoms with Gasteiger partial charge in [0, 0.05) is 5.56 Å². The first-order chi connectivity index (χ1) is 7.39. The van der Waals surface area contributed by atoms with Gasteiger partial charge < -0.3 is 4.15 Å². The predicted octanol–water partition coefficient (Wildman–Crippen LogP) is 2.99. The van der Waals surface area contributed by atoms with E-state index >= 15 is 0 Å². The largest absolute Gasteiger partial charge is 0.371 e. The highest BCUT2D eigenvalue weighted by atomic mass is 28.3. The van der Waals surface area contributed by atoms with Crippen LogP contribution >= 0.6 is 0 Å². The monoisotopic (exact) mass is 233 g/mol. The first-order valence-corrected chi connectivity index (χ1v) is 9.09. The summed E-state index contributed by atoms with van der Waals surface area (Å²) in [5.74, 6) is 0. The Morgan fingerprint density at radius 1 is 1.19 bits per heavy atom. The summed E-state index contributed by atoms with van der Waals surface area (Å²) in [5, 5.41) is 9.00. The molecule has 0 saturated carbocycles. The third kappa shape index (κ3) is 2.94. The highest BCUT2D eigenvalue weighted by molar-refractivity contribution is 6.68. The van der Waals surface area contributed by atoms with Gasteiger partial charge in [0.15, 0.2) is 6.54 Å². The zero-order valence-corrected chi connectivity index (χ0v) is 11.7. The van der Waals surface area contributed by atoms with Crippen LogP contribution in [0, 0.1) is 11.3 Å². The standard InChI is InChI=1S/C13H21N2Si/c1-15(11-10-14,16(2,3)4)12-13-8-6-5-7-9-13/h5-9H,11-12H2,1-4H3/q+1. The molecule has 0 spiro atoms. The molecule has 0 aliphatic rings. The minimum atomic E-state index is -1.40. The molecular weight excluding hydrogens is 212 g/mol. The molecule has 3 heteroatoms. The van der Waals surface area contributed by atoms with Crippen molar-refractivity contribution in [1.29, 1.82) is 5.26 Å². The number of hydrogen-bond donors (Lipinski definition) is 0. The van der Waals surface area contributed by atoms with Crippen LogP contribution < -0.4 is 0 Å². The Bertz CT molecular complexity index is 375. The lowest BCUT2D eigenvalue weighted by atomic mass is 10.2. The van der Waals surface area contributed by atoms with Gasteiger partial charge in [-0.2, -0.15) is 5.26 Å². The SMILES string of the molecule is C[N+](CC#N)(Cc1ccccc1)[Si](C)(C)C. The van der Waals surface area contributed by atoms with E-state index in [9.17, 15) is 0 Å². The van der Waals surface area contributed by atoms with Crippen molar-refractivity contribution in [2.75, 3.05) is 13.6 Å². The maximum atomic E-state index is 9.00.